The Bertz CT molecular complexity index is 416. The molecule has 2 N–H and O–H groups in total. The second kappa shape index (κ2) is 7.38. The third-order valence-corrected chi connectivity index (χ3v) is 5.40. The van der Waals surface area contributed by atoms with Gasteiger partial charge in [-0.1, -0.05) is 33.1 Å². The molecular formula is C13H26N2O4S. The van der Waals surface area contributed by atoms with Crippen molar-refractivity contribution in [1.82, 2.24) is 9.03 Å². The van der Waals surface area contributed by atoms with Gasteiger partial charge in [-0.05, 0) is 25.2 Å². The van der Waals surface area contributed by atoms with Crippen LogP contribution in [0.5, 0.6) is 0 Å². The highest BCUT2D eigenvalue weighted by Gasteiger charge is 2.31. The van der Waals surface area contributed by atoms with Crippen molar-refractivity contribution in [2.24, 2.45) is 5.92 Å². The zero-order valence-electron chi connectivity index (χ0n) is 12.5. The maximum Gasteiger partial charge on any atom is 0.321 e. The Kier molecular flexibility index (Phi) is 6.42. The van der Waals surface area contributed by atoms with Crippen LogP contribution in [0.1, 0.15) is 52.4 Å². The van der Waals surface area contributed by atoms with Crippen molar-refractivity contribution >= 4 is 16.2 Å². The van der Waals surface area contributed by atoms with E-state index in [2.05, 4.69) is 4.72 Å². The van der Waals surface area contributed by atoms with E-state index >= 15 is 0 Å². The van der Waals surface area contributed by atoms with E-state index in [1.807, 2.05) is 13.8 Å². The topological polar surface area (TPSA) is 86.7 Å². The summed E-state index contributed by atoms with van der Waals surface area (Å²) in [7, 11) is -2.21. The van der Waals surface area contributed by atoms with Gasteiger partial charge in [0.05, 0.1) is 0 Å². The summed E-state index contributed by atoms with van der Waals surface area (Å²) in [5, 5.41) is 9.13. The largest absolute Gasteiger partial charge is 0.480 e. The van der Waals surface area contributed by atoms with Gasteiger partial charge in [-0.2, -0.15) is 17.4 Å². The minimum Gasteiger partial charge on any atom is -0.480 e. The van der Waals surface area contributed by atoms with Crippen LogP contribution in [-0.2, 0) is 15.0 Å². The fourth-order valence-corrected chi connectivity index (χ4v) is 3.90. The first kappa shape index (κ1) is 17.4. The van der Waals surface area contributed by atoms with Crippen LogP contribution in [0.2, 0.25) is 0 Å². The molecule has 6 nitrogen and oxygen atoms in total. The predicted molar refractivity (Wildman–Crippen MR) is 77.6 cm³/mol. The summed E-state index contributed by atoms with van der Waals surface area (Å²) >= 11 is 0. The molecule has 0 aliphatic heterocycles. The van der Waals surface area contributed by atoms with Crippen LogP contribution >= 0.6 is 0 Å². The fraction of sp³-hybridized carbons (Fsp3) is 0.923. The summed E-state index contributed by atoms with van der Waals surface area (Å²) in [5.41, 5.74) is 0. The average Bonchev–Trinajstić information content (AvgIpc) is 2.37. The van der Waals surface area contributed by atoms with Crippen LogP contribution in [0.25, 0.3) is 0 Å². The van der Waals surface area contributed by atoms with Gasteiger partial charge in [0.25, 0.3) is 10.2 Å². The maximum absolute atomic E-state index is 12.3. The molecule has 7 heteroatoms. The molecule has 1 aliphatic rings. The molecule has 20 heavy (non-hydrogen) atoms. The van der Waals surface area contributed by atoms with Gasteiger partial charge in [0.1, 0.15) is 6.04 Å². The molecule has 0 unspecified atom stereocenters. The standard InChI is InChI=1S/C13H26N2O4S/c1-10(2)9-12(13(16)17)14-20(18,19)15(3)11-7-5-4-6-8-11/h10-12,14H,4-9H2,1-3H3,(H,16,17)/t12-/m1/s1. The SMILES string of the molecule is CC(C)C[C@@H](NS(=O)(=O)N(C)C1CCCCC1)C(=O)O. The summed E-state index contributed by atoms with van der Waals surface area (Å²) in [6.07, 6.45) is 5.17. The van der Waals surface area contributed by atoms with Crippen LogP contribution in [-0.4, -0.2) is 42.9 Å². The van der Waals surface area contributed by atoms with E-state index < -0.39 is 22.2 Å². The lowest BCUT2D eigenvalue weighted by Crippen LogP contribution is -2.50. The lowest BCUT2D eigenvalue weighted by Gasteiger charge is -2.31. The van der Waals surface area contributed by atoms with Crippen molar-refractivity contribution in [2.75, 3.05) is 7.05 Å². The van der Waals surface area contributed by atoms with Gasteiger partial charge in [-0.15, -0.1) is 0 Å². The van der Waals surface area contributed by atoms with Crippen molar-refractivity contribution in [3.05, 3.63) is 0 Å². The van der Waals surface area contributed by atoms with Gasteiger partial charge < -0.3 is 5.11 Å². The summed E-state index contributed by atoms with van der Waals surface area (Å²) in [6, 6.07) is -1.08. The van der Waals surface area contributed by atoms with Crippen LogP contribution in [0.4, 0.5) is 0 Å². The molecule has 1 fully saturated rings. The Labute approximate surface area is 121 Å². The Morgan fingerprint density at radius 3 is 2.30 bits per heavy atom. The molecule has 118 valence electrons. The highest BCUT2D eigenvalue weighted by atomic mass is 32.2. The zero-order chi connectivity index (χ0) is 15.3. The van der Waals surface area contributed by atoms with Crippen molar-refractivity contribution in [1.29, 1.82) is 0 Å². The first-order chi connectivity index (χ1) is 9.24. The second-order valence-electron chi connectivity index (χ2n) is 5.95. The molecule has 0 heterocycles. The molecule has 0 aromatic rings. The van der Waals surface area contributed by atoms with Crippen LogP contribution in [0.3, 0.4) is 0 Å². The van der Waals surface area contributed by atoms with Crippen molar-refractivity contribution in [3.63, 3.8) is 0 Å². The molecule has 0 aromatic carbocycles. The monoisotopic (exact) mass is 306 g/mol. The Balaban J connectivity index is 2.72. The molecule has 1 rings (SSSR count). The van der Waals surface area contributed by atoms with Gasteiger partial charge in [0, 0.05) is 13.1 Å². The highest BCUT2D eigenvalue weighted by Crippen LogP contribution is 2.23. The minimum atomic E-state index is -3.75. The maximum atomic E-state index is 12.3. The number of hydrogen-bond acceptors (Lipinski definition) is 3. The molecular weight excluding hydrogens is 280 g/mol. The van der Waals surface area contributed by atoms with E-state index in [1.165, 1.54) is 11.4 Å². The number of carboxylic acid groups (broad SMARTS) is 1. The molecule has 0 amide bonds. The smallest absolute Gasteiger partial charge is 0.321 e. The van der Waals surface area contributed by atoms with Gasteiger partial charge in [0.15, 0.2) is 0 Å². The molecule has 1 saturated carbocycles. The van der Waals surface area contributed by atoms with Crippen molar-refractivity contribution < 1.29 is 18.3 Å². The predicted octanol–water partition coefficient (Wildman–Crippen LogP) is 1.58. The number of hydrogen-bond donors (Lipinski definition) is 2. The Morgan fingerprint density at radius 1 is 1.30 bits per heavy atom. The van der Waals surface area contributed by atoms with E-state index in [-0.39, 0.29) is 18.4 Å². The summed E-state index contributed by atoms with van der Waals surface area (Å²) in [4.78, 5) is 11.2. The number of nitrogens with zero attached hydrogens (tertiary/aromatic N) is 1. The molecule has 1 atom stereocenters. The van der Waals surface area contributed by atoms with Crippen LogP contribution in [0, 0.1) is 5.92 Å². The van der Waals surface area contributed by atoms with E-state index in [1.54, 1.807) is 0 Å². The number of carboxylic acids is 1. The zero-order valence-corrected chi connectivity index (χ0v) is 13.3. The molecule has 0 aromatic heterocycles. The summed E-state index contributed by atoms with van der Waals surface area (Å²) in [6.45, 7) is 3.74. The van der Waals surface area contributed by atoms with Crippen LogP contribution in [0.15, 0.2) is 0 Å². The highest BCUT2D eigenvalue weighted by molar-refractivity contribution is 7.87. The number of rotatable bonds is 7. The first-order valence-corrected chi connectivity index (χ1v) is 8.66. The number of nitrogens with one attached hydrogen (secondary N) is 1. The van der Waals surface area contributed by atoms with E-state index in [0.29, 0.717) is 0 Å². The molecule has 0 spiro atoms. The Hall–Kier alpha value is -0.660. The number of aliphatic carboxylic acids is 1. The molecule has 1 aliphatic carbocycles. The first-order valence-electron chi connectivity index (χ1n) is 7.22. The third-order valence-electron chi connectivity index (χ3n) is 3.76. The third kappa shape index (κ3) is 5.03. The minimum absolute atomic E-state index is 0.0188. The Morgan fingerprint density at radius 2 is 1.85 bits per heavy atom. The van der Waals surface area contributed by atoms with Crippen LogP contribution < -0.4 is 4.72 Å². The quantitative estimate of drug-likeness (QED) is 0.747. The van der Waals surface area contributed by atoms with Gasteiger partial charge in [0.2, 0.25) is 0 Å². The van der Waals surface area contributed by atoms with Crippen molar-refractivity contribution in [3.8, 4) is 0 Å². The average molecular weight is 306 g/mol. The van der Waals surface area contributed by atoms with E-state index in [9.17, 15) is 13.2 Å². The number of carbonyl (C=O) groups is 1. The molecule has 0 radical (unpaired) electrons. The van der Waals surface area contributed by atoms with Gasteiger partial charge in [-0.3, -0.25) is 4.79 Å². The fourth-order valence-electron chi connectivity index (χ4n) is 2.57. The molecule has 0 bridgehead atoms. The lowest BCUT2D eigenvalue weighted by atomic mass is 9.96. The molecule has 0 saturated heterocycles. The van der Waals surface area contributed by atoms with E-state index in [4.69, 9.17) is 5.11 Å². The van der Waals surface area contributed by atoms with Crippen molar-refractivity contribution in [2.45, 2.75) is 64.5 Å². The summed E-state index contributed by atoms with van der Waals surface area (Å²) < 4.78 is 28.2. The summed E-state index contributed by atoms with van der Waals surface area (Å²) in [5.74, 6) is -1.02. The second-order valence-corrected chi connectivity index (χ2v) is 7.71. The van der Waals surface area contributed by atoms with E-state index in [0.717, 1.165) is 32.1 Å². The van der Waals surface area contributed by atoms with Gasteiger partial charge in [-0.25, -0.2) is 0 Å². The van der Waals surface area contributed by atoms with Gasteiger partial charge >= 0.3 is 5.97 Å². The lowest BCUT2D eigenvalue weighted by molar-refractivity contribution is -0.139. The normalized spacial score (nSPS) is 19.4.